The quantitative estimate of drug-likeness (QED) is 0.162. The highest BCUT2D eigenvalue weighted by atomic mass is 16.8. The van der Waals surface area contributed by atoms with Crippen LogP contribution in [0, 0.1) is 23.7 Å². The molecule has 3 aliphatic heterocycles. The number of carbonyl (C=O) groups excluding carboxylic acids is 2. The van der Waals surface area contributed by atoms with Crippen LogP contribution < -0.4 is 0 Å². The van der Waals surface area contributed by atoms with Gasteiger partial charge in [0.2, 0.25) is 11.8 Å². The molecule has 0 aromatic rings. The minimum atomic E-state index is -1.65. The molecular weight excluding hydrogens is 480 g/mol. The molecule has 13 nitrogen and oxygen atoms in total. The fourth-order valence-corrected chi connectivity index (χ4v) is 6.49. The van der Waals surface area contributed by atoms with Crippen LogP contribution in [0.5, 0.6) is 0 Å². The van der Waals surface area contributed by atoms with Gasteiger partial charge in [0.05, 0.1) is 49.0 Å². The van der Waals surface area contributed by atoms with Crippen molar-refractivity contribution < 1.29 is 54.5 Å². The van der Waals surface area contributed by atoms with Gasteiger partial charge in [-0.05, 0) is 25.7 Å². The first-order valence-corrected chi connectivity index (χ1v) is 12.6. The Morgan fingerprint density at radius 3 is 2.39 bits per heavy atom. The van der Waals surface area contributed by atoms with Crippen molar-refractivity contribution in [3.63, 3.8) is 0 Å². The Hall–Kier alpha value is -1.71. The van der Waals surface area contributed by atoms with Gasteiger partial charge in [-0.25, -0.2) is 0 Å². The summed E-state index contributed by atoms with van der Waals surface area (Å²) >= 11 is 0. The molecule has 12 atom stereocenters. The highest BCUT2D eigenvalue weighted by Gasteiger charge is 2.60. The molecule has 5 rings (SSSR count). The Balaban J connectivity index is 1.35. The first-order valence-electron chi connectivity index (χ1n) is 12.6. The van der Waals surface area contributed by atoms with E-state index in [-0.39, 0.29) is 30.9 Å². The second kappa shape index (κ2) is 10.2. The predicted molar refractivity (Wildman–Crippen MR) is 118 cm³/mol. The van der Waals surface area contributed by atoms with E-state index < -0.39 is 73.2 Å². The van der Waals surface area contributed by atoms with Crippen LogP contribution in [0.4, 0.5) is 0 Å². The monoisotopic (exact) mass is 514 g/mol. The van der Waals surface area contributed by atoms with E-state index in [2.05, 4.69) is 5.16 Å². The normalized spacial score (nSPS) is 48.3. The minimum Gasteiger partial charge on any atom is -0.394 e. The molecule has 202 valence electrons. The first-order chi connectivity index (χ1) is 17.2. The van der Waals surface area contributed by atoms with Gasteiger partial charge in [0, 0.05) is 24.9 Å². The molecule has 3 saturated heterocycles. The molecule has 13 heteroatoms. The van der Waals surface area contributed by atoms with Gasteiger partial charge in [-0.2, -0.15) is 0 Å². The number of carbonyl (C=O) groups is 2. The van der Waals surface area contributed by atoms with Crippen molar-refractivity contribution in [2.24, 2.45) is 28.8 Å². The molecule has 0 aromatic carbocycles. The topological polar surface area (TPSA) is 199 Å². The third-order valence-electron chi connectivity index (χ3n) is 8.40. The van der Waals surface area contributed by atoms with Crippen LogP contribution in [0.25, 0.3) is 0 Å². The van der Waals surface area contributed by atoms with Gasteiger partial charge in [0.1, 0.15) is 24.4 Å². The summed E-state index contributed by atoms with van der Waals surface area (Å²) in [5, 5.41) is 65.1. The Morgan fingerprint density at radius 1 is 0.944 bits per heavy atom. The van der Waals surface area contributed by atoms with E-state index in [1.165, 1.54) is 4.90 Å². The third kappa shape index (κ3) is 4.35. The van der Waals surface area contributed by atoms with E-state index in [0.29, 0.717) is 25.2 Å². The number of aliphatic hydroxyl groups is 6. The maximum atomic E-state index is 13.4. The van der Waals surface area contributed by atoms with Gasteiger partial charge in [0.25, 0.3) is 6.29 Å². The zero-order chi connectivity index (χ0) is 25.7. The summed E-state index contributed by atoms with van der Waals surface area (Å²) in [6, 6.07) is 0. The Labute approximate surface area is 207 Å². The molecule has 0 radical (unpaired) electrons. The zero-order valence-corrected chi connectivity index (χ0v) is 19.7. The smallest absolute Gasteiger partial charge is 0.256 e. The maximum absolute atomic E-state index is 13.4. The van der Waals surface area contributed by atoms with Crippen molar-refractivity contribution >= 4 is 17.5 Å². The van der Waals surface area contributed by atoms with Crippen molar-refractivity contribution in [2.75, 3.05) is 19.8 Å². The number of aliphatic hydroxyl groups excluding tert-OH is 6. The number of likely N-dealkylation sites (tertiary alicyclic amines) is 1. The number of rotatable bonds is 5. The lowest BCUT2D eigenvalue weighted by atomic mass is 9.60. The maximum Gasteiger partial charge on any atom is 0.256 e. The van der Waals surface area contributed by atoms with Gasteiger partial charge in [-0.3, -0.25) is 14.5 Å². The molecule has 0 aromatic heterocycles. The molecule has 0 spiro atoms. The molecular formula is C23H34N2O11. The number of nitrogens with zero attached hydrogens (tertiary/aromatic N) is 2. The number of amides is 2. The second-order valence-electron chi connectivity index (χ2n) is 10.5. The summed E-state index contributed by atoms with van der Waals surface area (Å²) in [5.74, 6) is -3.27. The molecule has 2 saturated carbocycles. The molecule has 6 N–H and O–H groups in total. The van der Waals surface area contributed by atoms with Crippen molar-refractivity contribution in [2.45, 2.75) is 81.1 Å². The standard InChI is InChI=1S/C23H34N2O11/c26-8-14-18(29)19(30)20(31)23(35-14)36-24-12-6-13(27)17(28)15-10(12)3-4-11-16(15)22(33)25(21(11)32)7-9-2-1-5-34-9/h9-11,13-20,23,26-31H,1-8H2/t9-,10+,11+,13+,14+,15-,16+,17+,18+,19-,20+,23-/m0/s1. The van der Waals surface area contributed by atoms with Crippen LogP contribution in [0.2, 0.25) is 0 Å². The number of hydrogen-bond donors (Lipinski definition) is 6. The summed E-state index contributed by atoms with van der Waals surface area (Å²) < 4.78 is 10.9. The van der Waals surface area contributed by atoms with E-state index in [1.54, 1.807) is 0 Å². The summed E-state index contributed by atoms with van der Waals surface area (Å²) in [5.41, 5.74) is 0.339. The molecule has 2 amide bonds. The molecule has 5 fully saturated rings. The highest BCUT2D eigenvalue weighted by Crippen LogP contribution is 2.49. The largest absolute Gasteiger partial charge is 0.394 e. The Morgan fingerprint density at radius 2 is 1.69 bits per heavy atom. The molecule has 2 aliphatic carbocycles. The average molecular weight is 515 g/mol. The van der Waals surface area contributed by atoms with Crippen LogP contribution >= 0.6 is 0 Å². The van der Waals surface area contributed by atoms with Crippen molar-refractivity contribution in [1.29, 1.82) is 0 Å². The van der Waals surface area contributed by atoms with E-state index in [1.807, 2.05) is 0 Å². The lowest BCUT2D eigenvalue weighted by molar-refractivity contribution is -0.301. The van der Waals surface area contributed by atoms with Gasteiger partial charge in [-0.15, -0.1) is 0 Å². The number of ether oxygens (including phenoxy) is 2. The minimum absolute atomic E-state index is 0.0566. The molecule has 0 bridgehead atoms. The third-order valence-corrected chi connectivity index (χ3v) is 8.40. The highest BCUT2D eigenvalue weighted by molar-refractivity contribution is 6.06. The summed E-state index contributed by atoms with van der Waals surface area (Å²) in [4.78, 5) is 33.1. The number of oxime groups is 1. The Bertz CT molecular complexity index is 878. The molecule has 3 heterocycles. The van der Waals surface area contributed by atoms with Crippen LogP contribution in [0.15, 0.2) is 5.16 Å². The van der Waals surface area contributed by atoms with Gasteiger partial charge in [-0.1, -0.05) is 5.16 Å². The summed E-state index contributed by atoms with van der Waals surface area (Å²) in [7, 11) is 0. The van der Waals surface area contributed by atoms with Gasteiger partial charge < -0.3 is 45.0 Å². The molecule has 36 heavy (non-hydrogen) atoms. The fourth-order valence-electron chi connectivity index (χ4n) is 6.49. The van der Waals surface area contributed by atoms with E-state index in [4.69, 9.17) is 14.3 Å². The van der Waals surface area contributed by atoms with Crippen LogP contribution in [0.1, 0.15) is 32.1 Å². The van der Waals surface area contributed by atoms with Crippen LogP contribution in [-0.2, 0) is 23.9 Å². The van der Waals surface area contributed by atoms with Crippen LogP contribution in [0.3, 0.4) is 0 Å². The summed E-state index contributed by atoms with van der Waals surface area (Å²) in [6.45, 7) is 0.151. The lowest BCUT2D eigenvalue weighted by Gasteiger charge is -2.45. The fraction of sp³-hybridized carbons (Fsp3) is 0.870. The lowest BCUT2D eigenvalue weighted by Crippen LogP contribution is -2.59. The zero-order valence-electron chi connectivity index (χ0n) is 19.7. The van der Waals surface area contributed by atoms with Gasteiger partial charge in [0.15, 0.2) is 0 Å². The summed E-state index contributed by atoms with van der Waals surface area (Å²) in [6.07, 6.45) is -7.78. The SMILES string of the molecule is O=C1[C@H]2[C@H]3[C@H](O)[C@H](O)CC(=NO[C@@H]4O[C@H](CO)[C@@H](O)[C@H](O)[C@H]4O)[C@H]3CC[C@H]2C(=O)N1C[C@@H]1CCCO1. The predicted octanol–water partition coefficient (Wildman–Crippen LogP) is -2.91. The number of hydrogen-bond acceptors (Lipinski definition) is 12. The Kier molecular flexibility index (Phi) is 7.36. The van der Waals surface area contributed by atoms with Crippen molar-refractivity contribution in [3.05, 3.63) is 0 Å². The second-order valence-corrected chi connectivity index (χ2v) is 10.5. The van der Waals surface area contributed by atoms with Gasteiger partial charge >= 0.3 is 0 Å². The van der Waals surface area contributed by atoms with E-state index in [9.17, 15) is 40.2 Å². The number of fused-ring (bicyclic) bond motifs is 3. The van der Waals surface area contributed by atoms with E-state index in [0.717, 1.165) is 12.8 Å². The molecule has 0 unspecified atom stereocenters. The average Bonchev–Trinajstić information content (AvgIpc) is 3.47. The van der Waals surface area contributed by atoms with Crippen molar-refractivity contribution in [1.82, 2.24) is 4.90 Å². The number of imide groups is 1. The first kappa shape index (κ1) is 25.9. The molecule has 5 aliphatic rings. The van der Waals surface area contributed by atoms with E-state index >= 15 is 0 Å². The van der Waals surface area contributed by atoms with Crippen molar-refractivity contribution in [3.8, 4) is 0 Å². The van der Waals surface area contributed by atoms with Crippen LogP contribution in [-0.4, -0.2) is 122 Å².